The largest absolute Gasteiger partial charge is 0.479 e. The fourth-order valence-corrected chi connectivity index (χ4v) is 2.61. The van der Waals surface area contributed by atoms with E-state index in [1.807, 2.05) is 30.3 Å². The molecule has 0 aliphatic carbocycles. The van der Waals surface area contributed by atoms with E-state index in [2.05, 4.69) is 10.1 Å². The molecule has 3 aromatic rings. The van der Waals surface area contributed by atoms with Gasteiger partial charge in [0.05, 0.1) is 7.11 Å². The number of imidazole rings is 1. The molecule has 1 aromatic carbocycles. The van der Waals surface area contributed by atoms with E-state index < -0.39 is 9.84 Å². The topological polar surface area (TPSA) is 73.6 Å². The third kappa shape index (κ3) is 2.36. The zero-order chi connectivity index (χ0) is 15.0. The Morgan fingerprint density at radius 1 is 1.10 bits per heavy atom. The number of sulfone groups is 1. The standard InChI is InChI=1S/C14H13N3O3S/c1-20-14-13(10-6-4-3-5-7-10)15-11-8-9-12(16-17(11)14)21(2,18)19/h3-9H,1-2H3. The first-order valence-corrected chi connectivity index (χ1v) is 8.09. The fourth-order valence-electron chi connectivity index (χ4n) is 2.06. The summed E-state index contributed by atoms with van der Waals surface area (Å²) in [6, 6.07) is 12.6. The van der Waals surface area contributed by atoms with Crippen molar-refractivity contribution >= 4 is 15.5 Å². The summed E-state index contributed by atoms with van der Waals surface area (Å²) in [5.74, 6) is 0.404. The average Bonchev–Trinajstić information content (AvgIpc) is 2.84. The number of benzene rings is 1. The fraction of sp³-hybridized carbons (Fsp3) is 0.143. The minimum absolute atomic E-state index is 0.0229. The number of hydrogen-bond donors (Lipinski definition) is 0. The van der Waals surface area contributed by atoms with Crippen molar-refractivity contribution in [1.82, 2.24) is 14.6 Å². The Kier molecular flexibility index (Phi) is 3.13. The van der Waals surface area contributed by atoms with Crippen molar-refractivity contribution in [3.63, 3.8) is 0 Å². The number of rotatable bonds is 3. The van der Waals surface area contributed by atoms with Gasteiger partial charge in [0.2, 0.25) is 5.88 Å². The van der Waals surface area contributed by atoms with Crippen molar-refractivity contribution in [2.45, 2.75) is 5.03 Å². The van der Waals surface area contributed by atoms with Crippen LogP contribution in [0.5, 0.6) is 5.88 Å². The molecule has 21 heavy (non-hydrogen) atoms. The molecule has 0 spiro atoms. The number of nitrogens with zero attached hydrogens (tertiary/aromatic N) is 3. The Morgan fingerprint density at radius 3 is 2.43 bits per heavy atom. The first kappa shape index (κ1) is 13.6. The van der Waals surface area contributed by atoms with E-state index in [-0.39, 0.29) is 5.03 Å². The normalized spacial score (nSPS) is 11.7. The quantitative estimate of drug-likeness (QED) is 0.737. The summed E-state index contributed by atoms with van der Waals surface area (Å²) in [5.41, 5.74) is 2.02. The van der Waals surface area contributed by atoms with Gasteiger partial charge >= 0.3 is 0 Å². The number of methoxy groups -OCH3 is 1. The van der Waals surface area contributed by atoms with Gasteiger partial charge in [0.1, 0.15) is 5.69 Å². The van der Waals surface area contributed by atoms with Gasteiger partial charge in [-0.1, -0.05) is 30.3 Å². The highest BCUT2D eigenvalue weighted by Crippen LogP contribution is 2.29. The summed E-state index contributed by atoms with van der Waals surface area (Å²) in [4.78, 5) is 4.46. The van der Waals surface area contributed by atoms with Crippen LogP contribution in [0, 0.1) is 0 Å². The molecule has 7 heteroatoms. The van der Waals surface area contributed by atoms with Crippen LogP contribution in [0.2, 0.25) is 0 Å². The Balaban J connectivity index is 2.29. The van der Waals surface area contributed by atoms with E-state index in [0.29, 0.717) is 17.2 Å². The van der Waals surface area contributed by atoms with Crippen LogP contribution in [-0.2, 0) is 9.84 Å². The van der Waals surface area contributed by atoms with Gasteiger partial charge in [0.15, 0.2) is 20.5 Å². The van der Waals surface area contributed by atoms with Gasteiger partial charge in [0, 0.05) is 11.8 Å². The van der Waals surface area contributed by atoms with Crippen molar-refractivity contribution in [1.29, 1.82) is 0 Å². The zero-order valence-corrected chi connectivity index (χ0v) is 12.3. The van der Waals surface area contributed by atoms with Crippen LogP contribution in [0.3, 0.4) is 0 Å². The minimum atomic E-state index is -3.39. The molecule has 0 aliphatic rings. The van der Waals surface area contributed by atoms with Gasteiger partial charge in [-0.05, 0) is 12.1 Å². The predicted octanol–water partition coefficient (Wildman–Crippen LogP) is 1.81. The highest BCUT2D eigenvalue weighted by molar-refractivity contribution is 7.90. The molecular formula is C14H13N3O3S. The van der Waals surface area contributed by atoms with Crippen LogP contribution in [0.15, 0.2) is 47.5 Å². The van der Waals surface area contributed by atoms with E-state index in [1.54, 1.807) is 6.07 Å². The molecule has 2 aromatic heterocycles. The lowest BCUT2D eigenvalue weighted by Crippen LogP contribution is -2.05. The first-order valence-electron chi connectivity index (χ1n) is 6.20. The molecule has 0 saturated heterocycles. The Bertz CT molecular complexity index is 902. The zero-order valence-electron chi connectivity index (χ0n) is 11.5. The molecule has 108 valence electrons. The third-order valence-electron chi connectivity index (χ3n) is 3.03. The third-order valence-corrected chi connectivity index (χ3v) is 4.01. The predicted molar refractivity (Wildman–Crippen MR) is 78.1 cm³/mol. The molecule has 0 saturated carbocycles. The van der Waals surface area contributed by atoms with Crippen molar-refractivity contribution in [2.24, 2.45) is 0 Å². The van der Waals surface area contributed by atoms with Crippen molar-refractivity contribution in [2.75, 3.05) is 13.4 Å². The van der Waals surface area contributed by atoms with E-state index in [4.69, 9.17) is 4.74 Å². The summed E-state index contributed by atoms with van der Waals surface area (Å²) in [7, 11) is -1.89. The molecule has 0 bridgehead atoms. The smallest absolute Gasteiger partial charge is 0.243 e. The minimum Gasteiger partial charge on any atom is -0.479 e. The van der Waals surface area contributed by atoms with Gasteiger partial charge in [-0.2, -0.15) is 9.61 Å². The second-order valence-electron chi connectivity index (χ2n) is 4.55. The van der Waals surface area contributed by atoms with Gasteiger partial charge in [0.25, 0.3) is 0 Å². The summed E-state index contributed by atoms with van der Waals surface area (Å²) < 4.78 is 30.0. The molecule has 6 nitrogen and oxygen atoms in total. The lowest BCUT2D eigenvalue weighted by Gasteiger charge is -2.03. The van der Waals surface area contributed by atoms with Crippen LogP contribution < -0.4 is 4.74 Å². The number of ether oxygens (including phenoxy) is 1. The summed E-state index contributed by atoms with van der Waals surface area (Å²) in [6.45, 7) is 0. The van der Waals surface area contributed by atoms with Crippen LogP contribution in [0.4, 0.5) is 0 Å². The Hall–Kier alpha value is -2.41. The van der Waals surface area contributed by atoms with Crippen LogP contribution in [0.25, 0.3) is 16.9 Å². The highest BCUT2D eigenvalue weighted by Gasteiger charge is 2.18. The van der Waals surface area contributed by atoms with Crippen LogP contribution in [0.1, 0.15) is 0 Å². The molecule has 0 radical (unpaired) electrons. The van der Waals surface area contributed by atoms with Gasteiger partial charge in [-0.25, -0.2) is 13.4 Å². The molecule has 0 fully saturated rings. The molecule has 0 N–H and O–H groups in total. The van der Waals surface area contributed by atoms with Gasteiger partial charge in [-0.3, -0.25) is 0 Å². The Labute approximate surface area is 121 Å². The average molecular weight is 303 g/mol. The van der Waals surface area contributed by atoms with E-state index in [9.17, 15) is 8.42 Å². The molecule has 0 amide bonds. The van der Waals surface area contributed by atoms with Crippen LogP contribution >= 0.6 is 0 Å². The molecule has 0 unspecified atom stereocenters. The Morgan fingerprint density at radius 2 is 1.81 bits per heavy atom. The molecule has 0 aliphatic heterocycles. The van der Waals surface area contributed by atoms with E-state index in [0.717, 1.165) is 11.8 Å². The highest BCUT2D eigenvalue weighted by atomic mass is 32.2. The number of hydrogen-bond acceptors (Lipinski definition) is 5. The van der Waals surface area contributed by atoms with Crippen molar-refractivity contribution in [3.8, 4) is 17.1 Å². The van der Waals surface area contributed by atoms with Gasteiger partial charge < -0.3 is 4.74 Å². The summed E-state index contributed by atoms with van der Waals surface area (Å²) >= 11 is 0. The van der Waals surface area contributed by atoms with Gasteiger partial charge in [-0.15, -0.1) is 0 Å². The van der Waals surface area contributed by atoms with Crippen molar-refractivity contribution in [3.05, 3.63) is 42.5 Å². The maximum atomic E-state index is 11.6. The summed E-state index contributed by atoms with van der Waals surface area (Å²) in [6.07, 6.45) is 1.11. The maximum absolute atomic E-state index is 11.6. The second-order valence-corrected chi connectivity index (χ2v) is 6.51. The number of fused-ring (bicyclic) bond motifs is 1. The lowest BCUT2D eigenvalue weighted by molar-refractivity contribution is 0.387. The molecule has 0 atom stereocenters. The maximum Gasteiger partial charge on any atom is 0.243 e. The van der Waals surface area contributed by atoms with Crippen molar-refractivity contribution < 1.29 is 13.2 Å². The van der Waals surface area contributed by atoms with E-state index in [1.165, 1.54) is 17.7 Å². The second kappa shape index (κ2) is 4.85. The van der Waals surface area contributed by atoms with E-state index >= 15 is 0 Å². The lowest BCUT2D eigenvalue weighted by atomic mass is 10.2. The molecule has 3 rings (SSSR count). The monoisotopic (exact) mass is 303 g/mol. The molecular weight excluding hydrogens is 290 g/mol. The molecule has 2 heterocycles. The van der Waals surface area contributed by atoms with Crippen LogP contribution in [-0.4, -0.2) is 36.4 Å². The SMILES string of the molecule is COc1c(-c2ccccc2)nc2ccc(S(C)(=O)=O)nn12. The first-order chi connectivity index (χ1) is 10.0. The number of aromatic nitrogens is 3. The summed E-state index contributed by atoms with van der Waals surface area (Å²) in [5, 5.41) is 4.08.